The number of Topliss-reactive ketones (excluding diaryl/α,β-unsaturated/α-hetero) is 1. The zero-order valence-corrected chi connectivity index (χ0v) is 19.4. The number of ketones is 1. The number of anilines is 1. The van der Waals surface area contributed by atoms with Gasteiger partial charge in [0.2, 0.25) is 0 Å². The Labute approximate surface area is 195 Å². The Balaban J connectivity index is 1.92. The lowest BCUT2D eigenvalue weighted by Crippen LogP contribution is -2.29. The van der Waals surface area contributed by atoms with Gasteiger partial charge in [0.25, 0.3) is 5.78 Å². The lowest BCUT2D eigenvalue weighted by molar-refractivity contribution is -0.132. The quantitative estimate of drug-likeness (QED) is 0.305. The van der Waals surface area contributed by atoms with Crippen LogP contribution in [0.15, 0.2) is 59.6 Å². The fourth-order valence-electron chi connectivity index (χ4n) is 3.78. The second-order valence-corrected chi connectivity index (χ2v) is 8.30. The first-order valence-electron chi connectivity index (χ1n) is 10.6. The maximum absolute atomic E-state index is 13.2. The first kappa shape index (κ1) is 22.5. The topological polar surface area (TPSA) is 89.0 Å². The van der Waals surface area contributed by atoms with Crippen molar-refractivity contribution in [3.63, 3.8) is 0 Å². The van der Waals surface area contributed by atoms with Gasteiger partial charge in [0, 0.05) is 17.1 Å². The number of rotatable bonds is 7. The minimum Gasteiger partial charge on any atom is -0.507 e. The first-order chi connectivity index (χ1) is 16.0. The molecular weight excluding hydrogens is 440 g/mol. The Morgan fingerprint density at radius 3 is 2.39 bits per heavy atom. The van der Waals surface area contributed by atoms with E-state index < -0.39 is 17.7 Å². The van der Waals surface area contributed by atoms with Gasteiger partial charge in [-0.15, -0.1) is 11.3 Å². The van der Waals surface area contributed by atoms with E-state index in [1.807, 2.05) is 32.9 Å². The number of hydrogen-bond acceptors (Lipinski definition) is 7. The Bertz CT molecular complexity index is 1200. The largest absolute Gasteiger partial charge is 0.507 e. The summed E-state index contributed by atoms with van der Waals surface area (Å²) in [4.78, 5) is 31.9. The van der Waals surface area contributed by atoms with Gasteiger partial charge in [-0.3, -0.25) is 14.5 Å². The number of aromatic nitrogens is 1. The molecule has 8 heteroatoms. The number of carbonyl (C=O) groups is 2. The molecule has 2 aromatic carbocycles. The SMILES string of the molecule is CCOc1ccc(C2/C(=C(\O)c3ccc(C)cc3)C(=O)C(=O)N2c2nccs2)cc1OCC. The van der Waals surface area contributed by atoms with E-state index in [0.29, 0.717) is 41.0 Å². The van der Waals surface area contributed by atoms with Gasteiger partial charge < -0.3 is 14.6 Å². The van der Waals surface area contributed by atoms with Gasteiger partial charge in [-0.25, -0.2) is 4.98 Å². The number of amides is 1. The monoisotopic (exact) mass is 464 g/mol. The minimum atomic E-state index is -0.868. The summed E-state index contributed by atoms with van der Waals surface area (Å²) < 4.78 is 11.4. The maximum Gasteiger partial charge on any atom is 0.301 e. The van der Waals surface area contributed by atoms with Gasteiger partial charge in [-0.1, -0.05) is 35.9 Å². The molecule has 0 spiro atoms. The predicted octanol–water partition coefficient (Wildman–Crippen LogP) is 4.88. The molecule has 3 aromatic rings. The number of carbonyl (C=O) groups excluding carboxylic acids is 2. The van der Waals surface area contributed by atoms with Crippen molar-refractivity contribution in [3.8, 4) is 11.5 Å². The normalized spacial score (nSPS) is 17.4. The van der Waals surface area contributed by atoms with Gasteiger partial charge in [0.1, 0.15) is 5.76 Å². The van der Waals surface area contributed by atoms with Crippen LogP contribution < -0.4 is 14.4 Å². The van der Waals surface area contributed by atoms with E-state index in [4.69, 9.17) is 9.47 Å². The average Bonchev–Trinajstić information content (AvgIpc) is 3.42. The van der Waals surface area contributed by atoms with E-state index in [1.54, 1.807) is 41.9 Å². The van der Waals surface area contributed by atoms with E-state index >= 15 is 0 Å². The van der Waals surface area contributed by atoms with Crippen molar-refractivity contribution in [2.24, 2.45) is 0 Å². The molecule has 1 aliphatic rings. The molecule has 1 aliphatic heterocycles. The van der Waals surface area contributed by atoms with Crippen molar-refractivity contribution in [3.05, 3.63) is 76.3 Å². The highest BCUT2D eigenvalue weighted by Crippen LogP contribution is 2.44. The fraction of sp³-hybridized carbons (Fsp3) is 0.240. The smallest absolute Gasteiger partial charge is 0.301 e. The van der Waals surface area contributed by atoms with Gasteiger partial charge >= 0.3 is 5.91 Å². The molecule has 1 fully saturated rings. The number of hydrogen-bond donors (Lipinski definition) is 1. The van der Waals surface area contributed by atoms with E-state index in [-0.39, 0.29) is 11.3 Å². The molecule has 1 atom stereocenters. The standard InChI is InChI=1S/C25H24N2O5S/c1-4-31-18-11-10-17(14-19(18)32-5-2)21-20(22(28)16-8-6-15(3)7-9-16)23(29)24(30)27(21)25-26-12-13-33-25/h6-14,21,28H,4-5H2,1-3H3/b22-20+. The summed E-state index contributed by atoms with van der Waals surface area (Å²) in [7, 11) is 0. The molecule has 7 nitrogen and oxygen atoms in total. The summed E-state index contributed by atoms with van der Waals surface area (Å²) in [6.45, 7) is 6.55. The molecule has 1 amide bonds. The molecule has 0 aliphatic carbocycles. The predicted molar refractivity (Wildman–Crippen MR) is 127 cm³/mol. The van der Waals surface area contributed by atoms with Crippen molar-refractivity contribution in [2.45, 2.75) is 26.8 Å². The van der Waals surface area contributed by atoms with Crippen LogP contribution in [0.2, 0.25) is 0 Å². The molecule has 4 rings (SSSR count). The molecular formula is C25H24N2O5S. The van der Waals surface area contributed by atoms with Gasteiger partial charge in [-0.05, 0) is 38.5 Å². The summed E-state index contributed by atoms with van der Waals surface area (Å²) in [6, 6.07) is 11.5. The van der Waals surface area contributed by atoms with Crippen molar-refractivity contribution >= 4 is 33.9 Å². The van der Waals surface area contributed by atoms with Crippen LogP contribution in [0.1, 0.15) is 36.6 Å². The van der Waals surface area contributed by atoms with Crippen molar-refractivity contribution in [2.75, 3.05) is 18.1 Å². The molecule has 1 unspecified atom stereocenters. The van der Waals surface area contributed by atoms with Gasteiger partial charge in [0.05, 0.1) is 24.8 Å². The maximum atomic E-state index is 13.2. The van der Waals surface area contributed by atoms with Crippen molar-refractivity contribution in [1.29, 1.82) is 0 Å². The van der Waals surface area contributed by atoms with Crippen LogP contribution in [0, 0.1) is 6.92 Å². The zero-order valence-electron chi connectivity index (χ0n) is 18.6. The highest BCUT2D eigenvalue weighted by molar-refractivity contribution is 7.14. The Morgan fingerprint density at radius 1 is 1.06 bits per heavy atom. The Kier molecular flexibility index (Phi) is 6.46. The van der Waals surface area contributed by atoms with Gasteiger partial charge in [0.15, 0.2) is 16.6 Å². The van der Waals surface area contributed by atoms with Gasteiger partial charge in [-0.2, -0.15) is 0 Å². The van der Waals surface area contributed by atoms with Crippen LogP contribution in [-0.2, 0) is 9.59 Å². The Hall–Kier alpha value is -3.65. The molecule has 0 saturated carbocycles. The number of aliphatic hydroxyl groups excluding tert-OH is 1. The lowest BCUT2D eigenvalue weighted by Gasteiger charge is -2.24. The van der Waals surface area contributed by atoms with Crippen LogP contribution in [0.3, 0.4) is 0 Å². The van der Waals surface area contributed by atoms with Crippen LogP contribution in [-0.4, -0.2) is 35.0 Å². The summed E-state index contributed by atoms with van der Waals surface area (Å²) in [5, 5.41) is 13.3. The zero-order chi connectivity index (χ0) is 23.5. The van der Waals surface area contributed by atoms with E-state index in [1.165, 1.54) is 16.2 Å². The molecule has 0 bridgehead atoms. The molecule has 170 valence electrons. The Morgan fingerprint density at radius 2 is 1.76 bits per heavy atom. The molecule has 33 heavy (non-hydrogen) atoms. The molecule has 1 saturated heterocycles. The third kappa shape index (κ3) is 4.21. The second kappa shape index (κ2) is 9.46. The summed E-state index contributed by atoms with van der Waals surface area (Å²) >= 11 is 1.24. The second-order valence-electron chi connectivity index (χ2n) is 7.42. The fourth-order valence-corrected chi connectivity index (χ4v) is 4.45. The van der Waals surface area contributed by atoms with E-state index in [0.717, 1.165) is 5.56 Å². The van der Waals surface area contributed by atoms with Crippen LogP contribution in [0.5, 0.6) is 11.5 Å². The molecule has 2 heterocycles. The average molecular weight is 465 g/mol. The summed E-state index contributed by atoms with van der Waals surface area (Å²) in [6.07, 6.45) is 1.57. The summed E-state index contributed by atoms with van der Waals surface area (Å²) in [5.41, 5.74) is 2.08. The number of thiazole rings is 1. The van der Waals surface area contributed by atoms with Crippen molar-refractivity contribution in [1.82, 2.24) is 4.98 Å². The minimum absolute atomic E-state index is 0.00524. The van der Waals surface area contributed by atoms with Crippen LogP contribution in [0.25, 0.3) is 5.76 Å². The first-order valence-corrected chi connectivity index (χ1v) is 11.5. The third-order valence-electron chi connectivity index (χ3n) is 5.28. The van der Waals surface area contributed by atoms with Crippen LogP contribution >= 0.6 is 11.3 Å². The number of aryl methyl sites for hydroxylation is 1. The highest BCUT2D eigenvalue weighted by Gasteiger charge is 2.48. The number of benzene rings is 2. The number of aliphatic hydroxyl groups is 1. The van der Waals surface area contributed by atoms with Crippen LogP contribution in [0.4, 0.5) is 5.13 Å². The van der Waals surface area contributed by atoms with E-state index in [9.17, 15) is 14.7 Å². The number of ether oxygens (including phenoxy) is 2. The van der Waals surface area contributed by atoms with E-state index in [2.05, 4.69) is 4.98 Å². The molecule has 1 N–H and O–H groups in total. The van der Waals surface area contributed by atoms with Crippen molar-refractivity contribution < 1.29 is 24.2 Å². The molecule has 1 aromatic heterocycles. The highest BCUT2D eigenvalue weighted by atomic mass is 32.1. The third-order valence-corrected chi connectivity index (χ3v) is 6.05. The lowest BCUT2D eigenvalue weighted by atomic mass is 9.95. The molecule has 0 radical (unpaired) electrons. The number of nitrogens with zero attached hydrogens (tertiary/aromatic N) is 2. The summed E-state index contributed by atoms with van der Waals surface area (Å²) in [5.74, 6) is -0.676.